The van der Waals surface area contributed by atoms with Crippen molar-refractivity contribution in [2.45, 2.75) is 31.3 Å². The van der Waals surface area contributed by atoms with Crippen LogP contribution in [0.25, 0.3) is 10.9 Å². The molecular formula is C25H23ClN2O3S. The molecule has 1 heterocycles. The Balaban J connectivity index is 1.77. The number of nitrogens with one attached hydrogen (secondary N) is 1. The maximum Gasteiger partial charge on any atom is 0.252 e. The van der Waals surface area contributed by atoms with Gasteiger partial charge < -0.3 is 4.98 Å². The van der Waals surface area contributed by atoms with Crippen molar-refractivity contribution in [3.05, 3.63) is 111 Å². The highest BCUT2D eigenvalue weighted by Gasteiger charge is 2.26. The summed E-state index contributed by atoms with van der Waals surface area (Å²) in [5.74, 6) is 0. The first-order valence-corrected chi connectivity index (χ1v) is 12.1. The summed E-state index contributed by atoms with van der Waals surface area (Å²) >= 11 is 5.95. The second kappa shape index (κ2) is 9.28. The quantitative estimate of drug-likeness (QED) is 0.410. The normalized spacial score (nSPS) is 11.8. The van der Waals surface area contributed by atoms with Crippen LogP contribution in [0, 0.1) is 0 Å². The Kier molecular flexibility index (Phi) is 6.46. The highest BCUT2D eigenvalue weighted by molar-refractivity contribution is 7.89. The highest BCUT2D eigenvalue weighted by atomic mass is 35.5. The van der Waals surface area contributed by atoms with Crippen LogP contribution in [-0.4, -0.2) is 17.7 Å². The third kappa shape index (κ3) is 4.78. The number of hydrogen-bond acceptors (Lipinski definition) is 3. The smallest absolute Gasteiger partial charge is 0.252 e. The summed E-state index contributed by atoms with van der Waals surface area (Å²) in [6.07, 6.45) is 0.871. The van der Waals surface area contributed by atoms with E-state index in [-0.39, 0.29) is 23.5 Å². The molecule has 4 rings (SSSR count). The van der Waals surface area contributed by atoms with Gasteiger partial charge in [-0.15, -0.1) is 0 Å². The number of aromatic amines is 1. The summed E-state index contributed by atoms with van der Waals surface area (Å²) in [6, 6.07) is 23.0. The molecule has 4 aromatic rings. The van der Waals surface area contributed by atoms with Crippen LogP contribution in [0.2, 0.25) is 5.02 Å². The van der Waals surface area contributed by atoms with E-state index in [0.29, 0.717) is 10.6 Å². The van der Waals surface area contributed by atoms with Crippen LogP contribution >= 0.6 is 11.6 Å². The average Bonchev–Trinajstić information content (AvgIpc) is 2.79. The average molecular weight is 467 g/mol. The van der Waals surface area contributed by atoms with Gasteiger partial charge in [0.05, 0.1) is 4.90 Å². The zero-order valence-electron chi connectivity index (χ0n) is 17.6. The number of halogens is 1. The first-order chi connectivity index (χ1) is 15.4. The van der Waals surface area contributed by atoms with E-state index in [0.717, 1.165) is 28.5 Å². The van der Waals surface area contributed by atoms with Crippen molar-refractivity contribution < 1.29 is 8.42 Å². The van der Waals surface area contributed by atoms with Crippen LogP contribution in [0.5, 0.6) is 0 Å². The van der Waals surface area contributed by atoms with Crippen LogP contribution in [0.15, 0.2) is 88.6 Å². The molecule has 3 aromatic carbocycles. The van der Waals surface area contributed by atoms with Gasteiger partial charge in [-0.25, -0.2) is 8.42 Å². The minimum Gasteiger partial charge on any atom is -0.322 e. The predicted molar refractivity (Wildman–Crippen MR) is 128 cm³/mol. The molecule has 164 valence electrons. The molecule has 0 aliphatic heterocycles. The summed E-state index contributed by atoms with van der Waals surface area (Å²) in [5.41, 5.74) is 2.79. The summed E-state index contributed by atoms with van der Waals surface area (Å²) in [6.45, 7) is 2.15. The van der Waals surface area contributed by atoms with Crippen LogP contribution in [0.3, 0.4) is 0 Å². The van der Waals surface area contributed by atoms with Gasteiger partial charge >= 0.3 is 0 Å². The van der Waals surface area contributed by atoms with Crippen molar-refractivity contribution in [3.63, 3.8) is 0 Å². The van der Waals surface area contributed by atoms with Gasteiger partial charge in [-0.2, -0.15) is 4.31 Å². The Morgan fingerprint density at radius 1 is 0.875 bits per heavy atom. The Labute approximate surface area is 192 Å². The summed E-state index contributed by atoms with van der Waals surface area (Å²) in [4.78, 5) is 15.8. The number of nitrogens with zero attached hydrogens (tertiary/aromatic N) is 1. The molecule has 0 spiro atoms. The molecule has 0 amide bonds. The van der Waals surface area contributed by atoms with Crippen molar-refractivity contribution in [2.24, 2.45) is 0 Å². The number of aromatic nitrogens is 1. The molecule has 0 aliphatic carbocycles. The summed E-state index contributed by atoms with van der Waals surface area (Å²) in [5, 5.41) is 1.33. The van der Waals surface area contributed by atoms with Crippen molar-refractivity contribution in [2.75, 3.05) is 0 Å². The van der Waals surface area contributed by atoms with E-state index in [2.05, 4.69) is 11.9 Å². The third-order valence-corrected chi connectivity index (χ3v) is 7.45. The van der Waals surface area contributed by atoms with Crippen molar-refractivity contribution >= 4 is 32.5 Å². The number of hydrogen-bond donors (Lipinski definition) is 1. The van der Waals surface area contributed by atoms with Gasteiger partial charge in [0.15, 0.2) is 0 Å². The number of fused-ring (bicyclic) bond motifs is 1. The molecule has 1 aromatic heterocycles. The van der Waals surface area contributed by atoms with Gasteiger partial charge in [-0.3, -0.25) is 4.79 Å². The Morgan fingerprint density at radius 3 is 2.28 bits per heavy atom. The van der Waals surface area contributed by atoms with E-state index in [1.54, 1.807) is 18.2 Å². The van der Waals surface area contributed by atoms with E-state index in [4.69, 9.17) is 11.6 Å². The van der Waals surface area contributed by atoms with Crippen molar-refractivity contribution in [1.82, 2.24) is 9.29 Å². The molecule has 0 fully saturated rings. The van der Waals surface area contributed by atoms with Gasteiger partial charge in [0, 0.05) is 29.2 Å². The SMILES string of the molecule is CCc1ccc2[nH]c(=O)c(CN(Cc3ccccc3)S(=O)(=O)c3ccc(Cl)cc3)cc2c1. The lowest BCUT2D eigenvalue weighted by Crippen LogP contribution is -2.32. The molecule has 0 atom stereocenters. The Morgan fingerprint density at radius 2 is 1.59 bits per heavy atom. The Bertz CT molecular complexity index is 1400. The van der Waals surface area contributed by atoms with Gasteiger partial charge in [-0.1, -0.05) is 54.9 Å². The van der Waals surface area contributed by atoms with Crippen LogP contribution < -0.4 is 5.56 Å². The van der Waals surface area contributed by atoms with Gasteiger partial charge in [0.1, 0.15) is 0 Å². The summed E-state index contributed by atoms with van der Waals surface area (Å²) < 4.78 is 28.3. The minimum absolute atomic E-state index is 0.0541. The van der Waals surface area contributed by atoms with Crippen molar-refractivity contribution in [3.8, 4) is 0 Å². The van der Waals surface area contributed by atoms with Gasteiger partial charge in [0.25, 0.3) is 5.56 Å². The second-order valence-electron chi connectivity index (χ2n) is 7.61. The van der Waals surface area contributed by atoms with E-state index >= 15 is 0 Å². The zero-order chi connectivity index (χ0) is 22.7. The highest BCUT2D eigenvalue weighted by Crippen LogP contribution is 2.23. The molecule has 32 heavy (non-hydrogen) atoms. The fourth-order valence-electron chi connectivity index (χ4n) is 3.60. The molecular weight excluding hydrogens is 444 g/mol. The molecule has 0 bridgehead atoms. The molecule has 0 unspecified atom stereocenters. The molecule has 7 heteroatoms. The largest absolute Gasteiger partial charge is 0.322 e. The Hall–Kier alpha value is -2.93. The standard InChI is InChI=1S/C25H23ClN2O3S/c1-2-18-8-13-24-20(14-18)15-21(25(29)27-24)17-28(16-19-6-4-3-5-7-19)32(30,31)23-11-9-22(26)10-12-23/h3-15H,2,16-17H2,1H3,(H,27,29). The maximum atomic E-state index is 13.5. The lowest BCUT2D eigenvalue weighted by atomic mass is 10.1. The molecule has 0 saturated carbocycles. The number of pyridine rings is 1. The van der Waals surface area contributed by atoms with E-state index in [1.807, 2.05) is 48.5 Å². The van der Waals surface area contributed by atoms with Gasteiger partial charge in [0.2, 0.25) is 10.0 Å². The molecule has 0 aliphatic rings. The monoisotopic (exact) mass is 466 g/mol. The van der Waals surface area contributed by atoms with E-state index in [1.165, 1.54) is 16.4 Å². The van der Waals surface area contributed by atoms with Crippen LogP contribution in [0.1, 0.15) is 23.6 Å². The number of aryl methyl sites for hydroxylation is 1. The molecule has 0 saturated heterocycles. The summed E-state index contributed by atoms with van der Waals surface area (Å²) in [7, 11) is -3.88. The number of sulfonamides is 1. The zero-order valence-corrected chi connectivity index (χ0v) is 19.2. The van der Waals surface area contributed by atoms with Gasteiger partial charge in [-0.05, 0) is 65.4 Å². The first kappa shape index (κ1) is 22.3. The third-order valence-electron chi connectivity index (χ3n) is 5.39. The maximum absolute atomic E-state index is 13.5. The lowest BCUT2D eigenvalue weighted by Gasteiger charge is -2.22. The van der Waals surface area contributed by atoms with Crippen LogP contribution in [0.4, 0.5) is 0 Å². The number of benzene rings is 3. The number of rotatable bonds is 7. The lowest BCUT2D eigenvalue weighted by molar-refractivity contribution is 0.400. The second-order valence-corrected chi connectivity index (χ2v) is 9.99. The van der Waals surface area contributed by atoms with E-state index in [9.17, 15) is 13.2 Å². The predicted octanol–water partition coefficient (Wildman–Crippen LogP) is 5.14. The fourth-order valence-corrected chi connectivity index (χ4v) is 5.13. The number of H-pyrrole nitrogens is 1. The first-order valence-electron chi connectivity index (χ1n) is 10.3. The molecule has 5 nitrogen and oxygen atoms in total. The molecule has 1 N–H and O–H groups in total. The molecule has 0 radical (unpaired) electrons. The van der Waals surface area contributed by atoms with E-state index < -0.39 is 10.0 Å². The fraction of sp³-hybridized carbons (Fsp3) is 0.160. The minimum atomic E-state index is -3.88. The topological polar surface area (TPSA) is 70.2 Å². The van der Waals surface area contributed by atoms with Crippen LogP contribution in [-0.2, 0) is 29.5 Å². The van der Waals surface area contributed by atoms with Crippen molar-refractivity contribution in [1.29, 1.82) is 0 Å².